The Morgan fingerprint density at radius 2 is 0.833 bits per heavy atom. The minimum absolute atomic E-state index is 0.387. The molecule has 0 radical (unpaired) electrons. The summed E-state index contributed by atoms with van der Waals surface area (Å²) in [5.74, 6) is -54.6. The summed E-state index contributed by atoms with van der Waals surface area (Å²) < 4.78 is 229. The van der Waals surface area contributed by atoms with E-state index in [1.165, 1.54) is 20.8 Å². The number of hydrogen-bond donors (Lipinski definition) is 0. The lowest BCUT2D eigenvalue weighted by atomic mass is 9.88. The molecule has 0 N–H and O–H groups in total. The van der Waals surface area contributed by atoms with Gasteiger partial charge in [-0.15, -0.1) is 0 Å². The summed E-state index contributed by atoms with van der Waals surface area (Å²) >= 11 is 0. The zero-order chi connectivity index (χ0) is 29.2. The fourth-order valence-corrected chi connectivity index (χ4v) is 5.26. The molecule has 0 atom stereocenters. The smallest absolute Gasteiger partial charge is 0.374 e. The molecule has 0 aliphatic heterocycles. The molecule has 0 unspecified atom stereocenters. The van der Waals surface area contributed by atoms with Gasteiger partial charge in [0.15, 0.2) is 0 Å². The Hall–Kier alpha value is -1.02. The van der Waals surface area contributed by atoms with E-state index in [-0.39, 0.29) is 19.8 Å². The van der Waals surface area contributed by atoms with Gasteiger partial charge >= 0.3 is 56.7 Å². The lowest BCUT2D eigenvalue weighted by molar-refractivity contribution is -0.446. The number of rotatable bonds is 16. The van der Waals surface area contributed by atoms with Gasteiger partial charge in [-0.1, -0.05) is 0 Å². The van der Waals surface area contributed by atoms with Gasteiger partial charge < -0.3 is 13.3 Å². The van der Waals surface area contributed by atoms with E-state index in [1.807, 2.05) is 0 Å². The maximum atomic E-state index is 14.1. The Labute approximate surface area is 194 Å². The van der Waals surface area contributed by atoms with Gasteiger partial charge in [0.25, 0.3) is 0 Å². The van der Waals surface area contributed by atoms with Crippen molar-refractivity contribution in [2.45, 2.75) is 81.1 Å². The summed E-state index contributed by atoms with van der Waals surface area (Å²) in [6, 6.07) is -1.51. The highest BCUT2D eigenvalue weighted by Gasteiger charge is 2.93. The molecule has 0 spiro atoms. The normalized spacial score (nSPS) is 15.7. The monoisotopic (exact) mass is 592 g/mol. The number of hydrogen-bond acceptors (Lipinski definition) is 3. The Balaban J connectivity index is 6.48. The molecule has 0 aliphatic rings. The summed E-state index contributed by atoms with van der Waals surface area (Å²) in [5.41, 5.74) is 0. The quantitative estimate of drug-likeness (QED) is 0.141. The van der Waals surface area contributed by atoms with Gasteiger partial charge in [-0.2, -0.15) is 61.5 Å². The van der Waals surface area contributed by atoms with Crippen molar-refractivity contribution < 1.29 is 83.5 Å². The van der Waals surface area contributed by atoms with Gasteiger partial charge in [-0.3, -0.25) is 0 Å². The first kappa shape index (κ1) is 35.0. The molecular weight excluding hydrogens is 572 g/mol. The third kappa shape index (κ3) is 5.55. The van der Waals surface area contributed by atoms with E-state index in [0.29, 0.717) is 0 Å². The molecule has 20 heteroatoms. The average Bonchev–Trinajstić information content (AvgIpc) is 2.72. The highest BCUT2D eigenvalue weighted by Crippen LogP contribution is 2.63. The first-order valence-electron chi connectivity index (χ1n) is 9.68. The fraction of sp³-hybridized carbons (Fsp3) is 1.00. The lowest BCUT2D eigenvalue weighted by Crippen LogP contribution is -2.73. The Morgan fingerprint density at radius 3 is 1.14 bits per heavy atom. The minimum Gasteiger partial charge on any atom is -0.374 e. The van der Waals surface area contributed by atoms with Crippen molar-refractivity contribution in [2.24, 2.45) is 0 Å². The van der Waals surface area contributed by atoms with Crippen molar-refractivity contribution >= 4 is 8.80 Å². The van der Waals surface area contributed by atoms with E-state index < -0.39 is 69.2 Å². The molecule has 218 valence electrons. The van der Waals surface area contributed by atoms with Gasteiger partial charge in [0.2, 0.25) is 0 Å². The summed E-state index contributed by atoms with van der Waals surface area (Å²) in [6.07, 6.45) is -8.47. The van der Waals surface area contributed by atoms with Crippen LogP contribution in [0.3, 0.4) is 0 Å². The fourth-order valence-electron chi connectivity index (χ4n) is 2.64. The second-order valence-electron chi connectivity index (χ2n) is 6.98. The molecule has 0 saturated heterocycles. The average molecular weight is 592 g/mol. The van der Waals surface area contributed by atoms with Crippen molar-refractivity contribution in [1.82, 2.24) is 0 Å². The van der Waals surface area contributed by atoms with Crippen LogP contribution >= 0.6 is 0 Å². The predicted molar refractivity (Wildman–Crippen MR) is 90.7 cm³/mol. The van der Waals surface area contributed by atoms with E-state index >= 15 is 0 Å². The van der Waals surface area contributed by atoms with Gasteiger partial charge in [-0.25, -0.2) is 8.78 Å². The molecule has 0 aromatic heterocycles. The van der Waals surface area contributed by atoms with E-state index in [9.17, 15) is 70.2 Å². The first-order valence-corrected chi connectivity index (χ1v) is 11.6. The molecule has 0 bridgehead atoms. The maximum Gasteiger partial charge on any atom is 0.501 e. The number of alkyl halides is 16. The van der Waals surface area contributed by atoms with Crippen LogP contribution in [0, 0.1) is 0 Å². The van der Waals surface area contributed by atoms with Gasteiger partial charge in [0.1, 0.15) is 0 Å². The molecule has 0 amide bonds. The summed E-state index contributed by atoms with van der Waals surface area (Å²) in [5, 5.41) is 0. The zero-order valence-electron chi connectivity index (χ0n) is 18.4. The topological polar surface area (TPSA) is 27.7 Å². The van der Waals surface area contributed by atoms with Crippen molar-refractivity contribution in [3.05, 3.63) is 0 Å². The van der Waals surface area contributed by atoms with Crippen LogP contribution in [0.2, 0.25) is 6.04 Å². The summed E-state index contributed by atoms with van der Waals surface area (Å²) in [7, 11) is -4.39. The lowest BCUT2D eigenvalue weighted by Gasteiger charge is -2.42. The van der Waals surface area contributed by atoms with E-state index in [1.54, 1.807) is 0 Å². The molecule has 0 aromatic carbocycles. The Bertz CT molecular complexity index is 698. The van der Waals surface area contributed by atoms with Gasteiger partial charge in [0, 0.05) is 32.3 Å². The van der Waals surface area contributed by atoms with Crippen LogP contribution in [0.5, 0.6) is 0 Å². The third-order valence-corrected chi connectivity index (χ3v) is 7.62. The molecule has 0 saturated carbocycles. The van der Waals surface area contributed by atoms with Crippen LogP contribution in [0.1, 0.15) is 27.2 Å². The standard InChI is InChI=1S/C16H20F16O3Si/c1-4-33-36(34-5-2,35-6-3)8-7-10(19,20)12(23,24)14(27,28)16(31,32)15(29,30)13(25,26)11(21,22)9(17)18/h9H,4-8H2,1-3H3. The zero-order valence-corrected chi connectivity index (χ0v) is 19.4. The van der Waals surface area contributed by atoms with Crippen LogP contribution in [0.4, 0.5) is 70.2 Å². The molecule has 36 heavy (non-hydrogen) atoms. The molecule has 0 aliphatic carbocycles. The highest BCUT2D eigenvalue weighted by molar-refractivity contribution is 6.60. The van der Waals surface area contributed by atoms with Crippen molar-refractivity contribution in [3.8, 4) is 0 Å². The van der Waals surface area contributed by atoms with Crippen molar-refractivity contribution in [1.29, 1.82) is 0 Å². The predicted octanol–water partition coefficient (Wildman–Crippen LogP) is 7.14. The van der Waals surface area contributed by atoms with E-state index in [2.05, 4.69) is 0 Å². The first-order chi connectivity index (χ1) is 15.8. The Morgan fingerprint density at radius 1 is 0.528 bits per heavy atom. The van der Waals surface area contributed by atoms with Crippen LogP contribution in [-0.2, 0) is 13.3 Å². The van der Waals surface area contributed by atoms with E-state index in [4.69, 9.17) is 13.3 Å². The molecule has 0 fully saturated rings. The molecular formula is C16H20F16O3Si. The van der Waals surface area contributed by atoms with Gasteiger partial charge in [-0.05, 0) is 20.8 Å². The van der Waals surface area contributed by atoms with Crippen molar-refractivity contribution in [3.63, 3.8) is 0 Å². The largest absolute Gasteiger partial charge is 0.501 e. The Kier molecular flexibility index (Phi) is 10.7. The third-order valence-electron chi connectivity index (χ3n) is 4.57. The molecule has 3 nitrogen and oxygen atoms in total. The van der Waals surface area contributed by atoms with E-state index in [0.717, 1.165) is 0 Å². The van der Waals surface area contributed by atoms with Crippen molar-refractivity contribution in [2.75, 3.05) is 19.8 Å². The minimum atomic E-state index is -8.41. The summed E-state index contributed by atoms with van der Waals surface area (Å²) in [4.78, 5) is 0. The van der Waals surface area contributed by atoms with Crippen LogP contribution < -0.4 is 0 Å². The number of halogens is 16. The van der Waals surface area contributed by atoms with Gasteiger partial charge in [0.05, 0.1) is 0 Å². The SMILES string of the molecule is CCO[Si](CCC(F)(F)C(F)(F)C(F)(F)C(F)(F)C(F)(F)C(F)(F)C(F)(F)C(F)F)(OCC)OCC. The van der Waals surface area contributed by atoms with Crippen LogP contribution in [0.25, 0.3) is 0 Å². The highest BCUT2D eigenvalue weighted by atomic mass is 28.4. The summed E-state index contributed by atoms with van der Waals surface area (Å²) in [6.45, 7) is 2.50. The second kappa shape index (κ2) is 11.0. The molecule has 0 rings (SSSR count). The van der Waals surface area contributed by atoms with Crippen LogP contribution in [0.15, 0.2) is 0 Å². The molecule has 0 heterocycles. The molecule has 0 aromatic rings. The van der Waals surface area contributed by atoms with Crippen LogP contribution in [-0.4, -0.2) is 76.5 Å². The maximum absolute atomic E-state index is 14.1. The second-order valence-corrected chi connectivity index (χ2v) is 9.71.